The second kappa shape index (κ2) is 9.96. The Bertz CT molecular complexity index is 756. The smallest absolute Gasteiger partial charge is 0.193 e. The van der Waals surface area contributed by atoms with Gasteiger partial charge < -0.3 is 25.3 Å². The lowest BCUT2D eigenvalue weighted by molar-refractivity contribution is 0.0180. The molecular formula is C21H28N4O3. The number of methoxy groups -OCH3 is 2. The van der Waals surface area contributed by atoms with Gasteiger partial charge in [0.1, 0.15) is 11.5 Å². The number of guanidine groups is 1. The van der Waals surface area contributed by atoms with E-state index in [1.54, 1.807) is 14.2 Å². The Kier molecular flexibility index (Phi) is 7.11. The molecular weight excluding hydrogens is 356 g/mol. The van der Waals surface area contributed by atoms with Crippen LogP contribution < -0.4 is 20.5 Å². The van der Waals surface area contributed by atoms with Crippen molar-refractivity contribution in [1.29, 1.82) is 0 Å². The van der Waals surface area contributed by atoms with Gasteiger partial charge in [0.05, 0.1) is 40.0 Å². The van der Waals surface area contributed by atoms with Crippen LogP contribution in [-0.4, -0.2) is 57.9 Å². The Morgan fingerprint density at radius 2 is 1.61 bits per heavy atom. The maximum absolute atomic E-state index is 6.12. The van der Waals surface area contributed by atoms with E-state index < -0.39 is 0 Å². The lowest BCUT2D eigenvalue weighted by Crippen LogP contribution is -2.40. The molecule has 3 N–H and O–H groups in total. The summed E-state index contributed by atoms with van der Waals surface area (Å²) in [5.74, 6) is 2.03. The summed E-state index contributed by atoms with van der Waals surface area (Å²) < 4.78 is 15.9. The molecule has 1 atom stereocenters. The highest BCUT2D eigenvalue weighted by molar-refractivity contribution is 5.92. The average Bonchev–Trinajstić information content (AvgIpc) is 2.75. The molecule has 7 nitrogen and oxygen atoms in total. The molecule has 7 heteroatoms. The van der Waals surface area contributed by atoms with Crippen molar-refractivity contribution in [2.45, 2.75) is 6.04 Å². The number of nitrogens with two attached hydrogens (primary N) is 1. The molecule has 2 aromatic rings. The van der Waals surface area contributed by atoms with Crippen molar-refractivity contribution in [3.05, 3.63) is 54.1 Å². The fourth-order valence-corrected chi connectivity index (χ4v) is 3.19. The van der Waals surface area contributed by atoms with Gasteiger partial charge >= 0.3 is 0 Å². The molecule has 0 radical (unpaired) electrons. The molecule has 150 valence electrons. The van der Waals surface area contributed by atoms with Gasteiger partial charge in [-0.05, 0) is 42.0 Å². The molecule has 1 aliphatic rings. The predicted molar refractivity (Wildman–Crippen MR) is 111 cm³/mol. The van der Waals surface area contributed by atoms with Gasteiger partial charge in [-0.1, -0.05) is 12.1 Å². The van der Waals surface area contributed by atoms with Gasteiger partial charge in [-0.25, -0.2) is 0 Å². The topological polar surface area (TPSA) is 81.3 Å². The molecule has 0 aromatic heterocycles. The van der Waals surface area contributed by atoms with E-state index in [-0.39, 0.29) is 6.04 Å². The highest BCUT2D eigenvalue weighted by Gasteiger charge is 2.22. The van der Waals surface area contributed by atoms with E-state index in [2.05, 4.69) is 27.3 Å². The van der Waals surface area contributed by atoms with Crippen LogP contribution in [0.5, 0.6) is 11.5 Å². The van der Waals surface area contributed by atoms with Gasteiger partial charge in [-0.2, -0.15) is 0 Å². The molecule has 0 bridgehead atoms. The minimum atomic E-state index is 0.131. The summed E-state index contributed by atoms with van der Waals surface area (Å²) in [6.07, 6.45) is 0. The largest absolute Gasteiger partial charge is 0.497 e. The van der Waals surface area contributed by atoms with Gasteiger partial charge in [0.2, 0.25) is 0 Å². The van der Waals surface area contributed by atoms with Gasteiger partial charge in [-0.15, -0.1) is 0 Å². The first-order valence-corrected chi connectivity index (χ1v) is 9.36. The first-order valence-electron chi connectivity index (χ1n) is 9.36. The van der Waals surface area contributed by atoms with E-state index in [0.29, 0.717) is 12.5 Å². The van der Waals surface area contributed by atoms with Crippen molar-refractivity contribution < 1.29 is 14.2 Å². The van der Waals surface area contributed by atoms with E-state index >= 15 is 0 Å². The fraction of sp³-hybridized carbons (Fsp3) is 0.381. The number of benzene rings is 2. The zero-order chi connectivity index (χ0) is 19.8. The zero-order valence-corrected chi connectivity index (χ0v) is 16.4. The third-order valence-electron chi connectivity index (χ3n) is 4.78. The number of nitrogens with zero attached hydrogens (tertiary/aromatic N) is 2. The SMILES string of the molecule is COc1ccc(NC(N)=NCC(c2ccc(OC)cc2)N2CCOCC2)cc1. The van der Waals surface area contributed by atoms with Crippen molar-refractivity contribution in [3.8, 4) is 11.5 Å². The highest BCUT2D eigenvalue weighted by atomic mass is 16.5. The van der Waals surface area contributed by atoms with E-state index in [9.17, 15) is 0 Å². The standard InChI is InChI=1S/C21H28N4O3/c1-26-18-7-3-16(4-8-18)20(25-11-13-28-14-12-25)15-23-21(22)24-17-5-9-19(27-2)10-6-17/h3-10,20H,11-15H2,1-2H3,(H3,22,23,24). The molecule has 0 aliphatic carbocycles. The van der Waals surface area contributed by atoms with E-state index in [1.807, 2.05) is 36.4 Å². The Morgan fingerprint density at radius 1 is 1.04 bits per heavy atom. The quantitative estimate of drug-likeness (QED) is 0.564. The Hall–Kier alpha value is -2.77. The van der Waals surface area contributed by atoms with Crippen LogP contribution in [0, 0.1) is 0 Å². The molecule has 1 heterocycles. The lowest BCUT2D eigenvalue weighted by Gasteiger charge is -2.34. The number of rotatable bonds is 7. The van der Waals surface area contributed by atoms with Crippen molar-refractivity contribution >= 4 is 11.6 Å². The number of anilines is 1. The van der Waals surface area contributed by atoms with Crippen LogP contribution in [-0.2, 0) is 4.74 Å². The monoisotopic (exact) mass is 384 g/mol. The van der Waals surface area contributed by atoms with Crippen molar-refractivity contribution in [1.82, 2.24) is 4.90 Å². The average molecular weight is 384 g/mol. The van der Waals surface area contributed by atoms with Crippen molar-refractivity contribution in [2.24, 2.45) is 10.7 Å². The second-order valence-electron chi connectivity index (χ2n) is 6.52. The van der Waals surface area contributed by atoms with Crippen LogP contribution >= 0.6 is 0 Å². The molecule has 28 heavy (non-hydrogen) atoms. The molecule has 0 spiro atoms. The second-order valence-corrected chi connectivity index (χ2v) is 6.52. The summed E-state index contributed by atoms with van der Waals surface area (Å²) in [7, 11) is 3.31. The molecule has 1 unspecified atom stereocenters. The maximum atomic E-state index is 6.12. The van der Waals surface area contributed by atoms with Crippen LogP contribution in [0.3, 0.4) is 0 Å². The van der Waals surface area contributed by atoms with Gasteiger partial charge in [0.15, 0.2) is 5.96 Å². The molecule has 0 amide bonds. The number of morpholine rings is 1. The molecule has 3 rings (SSSR count). The van der Waals surface area contributed by atoms with E-state index in [1.165, 1.54) is 5.56 Å². The van der Waals surface area contributed by atoms with Crippen LogP contribution in [0.25, 0.3) is 0 Å². The molecule has 1 saturated heterocycles. The summed E-state index contributed by atoms with van der Waals surface area (Å²) in [5.41, 5.74) is 8.18. The third-order valence-corrected chi connectivity index (χ3v) is 4.78. The predicted octanol–water partition coefficient (Wildman–Crippen LogP) is 2.50. The Morgan fingerprint density at radius 3 is 2.18 bits per heavy atom. The Labute approximate surface area is 166 Å². The summed E-state index contributed by atoms with van der Waals surface area (Å²) in [5, 5.41) is 3.13. The first-order chi connectivity index (χ1) is 13.7. The lowest BCUT2D eigenvalue weighted by atomic mass is 10.0. The minimum Gasteiger partial charge on any atom is -0.497 e. The number of nitrogens with one attached hydrogen (secondary N) is 1. The molecule has 1 aliphatic heterocycles. The molecule has 2 aromatic carbocycles. The van der Waals surface area contributed by atoms with Gasteiger partial charge in [0, 0.05) is 18.8 Å². The summed E-state index contributed by atoms with van der Waals surface area (Å²) in [6, 6.07) is 15.8. The van der Waals surface area contributed by atoms with Crippen LogP contribution in [0.1, 0.15) is 11.6 Å². The Balaban J connectivity index is 1.70. The summed E-state index contributed by atoms with van der Waals surface area (Å²) in [6.45, 7) is 3.77. The number of hydrogen-bond acceptors (Lipinski definition) is 5. The minimum absolute atomic E-state index is 0.131. The first kappa shape index (κ1) is 20.0. The van der Waals surface area contributed by atoms with E-state index in [4.69, 9.17) is 19.9 Å². The van der Waals surface area contributed by atoms with E-state index in [0.717, 1.165) is 43.5 Å². The fourth-order valence-electron chi connectivity index (χ4n) is 3.19. The zero-order valence-electron chi connectivity index (χ0n) is 16.4. The van der Waals surface area contributed by atoms with Gasteiger partial charge in [-0.3, -0.25) is 9.89 Å². The maximum Gasteiger partial charge on any atom is 0.193 e. The van der Waals surface area contributed by atoms with Crippen LogP contribution in [0.2, 0.25) is 0 Å². The number of hydrogen-bond donors (Lipinski definition) is 2. The number of ether oxygens (including phenoxy) is 3. The third kappa shape index (κ3) is 5.37. The van der Waals surface area contributed by atoms with Gasteiger partial charge in [0.25, 0.3) is 0 Å². The molecule has 1 fully saturated rings. The molecule has 0 saturated carbocycles. The summed E-state index contributed by atoms with van der Waals surface area (Å²) in [4.78, 5) is 6.98. The van der Waals surface area contributed by atoms with Crippen LogP contribution in [0.15, 0.2) is 53.5 Å². The van der Waals surface area contributed by atoms with Crippen LogP contribution in [0.4, 0.5) is 5.69 Å². The van der Waals surface area contributed by atoms with Crippen molar-refractivity contribution in [2.75, 3.05) is 52.4 Å². The highest BCUT2D eigenvalue weighted by Crippen LogP contribution is 2.24. The normalized spacial score (nSPS) is 16.4. The number of aliphatic imine (C=N–C) groups is 1. The summed E-state index contributed by atoms with van der Waals surface area (Å²) >= 11 is 0. The van der Waals surface area contributed by atoms with Crippen molar-refractivity contribution in [3.63, 3.8) is 0 Å².